The summed E-state index contributed by atoms with van der Waals surface area (Å²) in [5.74, 6) is 0.851. The predicted molar refractivity (Wildman–Crippen MR) is 84.1 cm³/mol. The topological polar surface area (TPSA) is 51.6 Å². The number of hydrogen-bond acceptors (Lipinski definition) is 5. The Balaban J connectivity index is 2.17. The zero-order valence-corrected chi connectivity index (χ0v) is 12.4. The van der Waals surface area contributed by atoms with Crippen molar-refractivity contribution in [2.75, 3.05) is 7.11 Å². The number of isocyanates is 1. The lowest BCUT2D eigenvalue weighted by atomic mass is 10.0. The third kappa shape index (κ3) is 2.44. The second-order valence-electron chi connectivity index (χ2n) is 4.60. The standard InChI is InChI=1S/C16H12N2O2S/c1-10-7-11(3-5-14(10)20-2)16-13-8-12(17-9-19)4-6-15(13)21-18-16/h3-8H,1-2H3. The van der Waals surface area contributed by atoms with E-state index < -0.39 is 0 Å². The number of ether oxygens (including phenoxy) is 1. The Labute approximate surface area is 125 Å². The van der Waals surface area contributed by atoms with E-state index in [0.29, 0.717) is 5.69 Å². The molecule has 0 aliphatic heterocycles. The minimum absolute atomic E-state index is 0.587. The minimum atomic E-state index is 0.587. The van der Waals surface area contributed by atoms with Crippen molar-refractivity contribution in [2.45, 2.75) is 6.92 Å². The normalized spacial score (nSPS) is 10.4. The van der Waals surface area contributed by atoms with Gasteiger partial charge < -0.3 is 4.74 Å². The molecular formula is C16H12N2O2S. The molecule has 0 saturated carbocycles. The largest absolute Gasteiger partial charge is 0.496 e. The monoisotopic (exact) mass is 296 g/mol. The third-order valence-corrected chi connectivity index (χ3v) is 4.12. The number of aryl methyl sites for hydroxylation is 1. The fraction of sp³-hybridized carbons (Fsp3) is 0.125. The van der Waals surface area contributed by atoms with Crippen LogP contribution in [0.25, 0.3) is 21.3 Å². The first-order chi connectivity index (χ1) is 10.2. The summed E-state index contributed by atoms with van der Waals surface area (Å²) < 4.78 is 10.9. The fourth-order valence-electron chi connectivity index (χ4n) is 2.28. The summed E-state index contributed by atoms with van der Waals surface area (Å²) in [5, 5.41) is 0.987. The summed E-state index contributed by atoms with van der Waals surface area (Å²) in [5.41, 5.74) is 3.55. The minimum Gasteiger partial charge on any atom is -0.496 e. The van der Waals surface area contributed by atoms with Crippen molar-refractivity contribution < 1.29 is 9.53 Å². The summed E-state index contributed by atoms with van der Waals surface area (Å²) in [7, 11) is 1.66. The molecular weight excluding hydrogens is 284 g/mol. The van der Waals surface area contributed by atoms with Crippen LogP contribution in [0.3, 0.4) is 0 Å². The predicted octanol–water partition coefficient (Wildman–Crippen LogP) is 4.25. The molecule has 21 heavy (non-hydrogen) atoms. The molecule has 2 aromatic carbocycles. The highest BCUT2D eigenvalue weighted by molar-refractivity contribution is 7.13. The highest BCUT2D eigenvalue weighted by Crippen LogP contribution is 2.34. The molecule has 3 aromatic rings. The Kier molecular flexibility index (Phi) is 3.52. The van der Waals surface area contributed by atoms with Gasteiger partial charge in [-0.1, -0.05) is 0 Å². The third-order valence-electron chi connectivity index (χ3n) is 3.30. The number of carbonyl (C=O) groups excluding carboxylic acids is 1. The summed E-state index contributed by atoms with van der Waals surface area (Å²) >= 11 is 1.43. The zero-order chi connectivity index (χ0) is 14.8. The van der Waals surface area contributed by atoms with Crippen LogP contribution in [0.1, 0.15) is 5.56 Å². The van der Waals surface area contributed by atoms with Crippen LogP contribution in [0, 0.1) is 6.92 Å². The number of hydrogen-bond donors (Lipinski definition) is 0. The van der Waals surface area contributed by atoms with Gasteiger partial charge in [-0.3, -0.25) is 0 Å². The molecule has 0 radical (unpaired) electrons. The smallest absolute Gasteiger partial charge is 0.240 e. The van der Waals surface area contributed by atoms with E-state index in [1.165, 1.54) is 11.5 Å². The van der Waals surface area contributed by atoms with Crippen molar-refractivity contribution >= 4 is 33.4 Å². The van der Waals surface area contributed by atoms with Crippen LogP contribution in [-0.2, 0) is 4.79 Å². The van der Waals surface area contributed by atoms with Crippen LogP contribution in [0.4, 0.5) is 5.69 Å². The summed E-state index contributed by atoms with van der Waals surface area (Å²) in [6.07, 6.45) is 1.57. The molecule has 0 fully saturated rings. The summed E-state index contributed by atoms with van der Waals surface area (Å²) in [6.45, 7) is 2.00. The molecule has 0 aliphatic carbocycles. The molecule has 0 spiro atoms. The molecule has 0 atom stereocenters. The second-order valence-corrected chi connectivity index (χ2v) is 5.40. The second kappa shape index (κ2) is 5.48. The number of methoxy groups -OCH3 is 1. The van der Waals surface area contributed by atoms with E-state index in [1.54, 1.807) is 19.3 Å². The van der Waals surface area contributed by atoms with Gasteiger partial charge in [-0.25, -0.2) is 4.79 Å². The molecule has 4 nitrogen and oxygen atoms in total. The summed E-state index contributed by atoms with van der Waals surface area (Å²) in [4.78, 5) is 14.1. The molecule has 5 heteroatoms. The molecule has 0 unspecified atom stereocenters. The number of aliphatic imine (C=N–C) groups is 1. The van der Waals surface area contributed by atoms with Gasteiger partial charge in [0.15, 0.2) is 0 Å². The Hall–Kier alpha value is -2.49. The average molecular weight is 296 g/mol. The number of fused-ring (bicyclic) bond motifs is 1. The maximum Gasteiger partial charge on any atom is 0.240 e. The van der Waals surface area contributed by atoms with Gasteiger partial charge >= 0.3 is 0 Å². The van der Waals surface area contributed by atoms with Crippen LogP contribution < -0.4 is 4.74 Å². The van der Waals surface area contributed by atoms with E-state index in [1.807, 2.05) is 37.3 Å². The Morgan fingerprint density at radius 3 is 2.81 bits per heavy atom. The number of rotatable bonds is 3. The summed E-state index contributed by atoms with van der Waals surface area (Å²) in [6, 6.07) is 11.5. The van der Waals surface area contributed by atoms with E-state index in [0.717, 1.165) is 32.7 Å². The van der Waals surface area contributed by atoms with Crippen molar-refractivity contribution in [3.8, 4) is 17.0 Å². The maximum atomic E-state index is 10.4. The van der Waals surface area contributed by atoms with Crippen LogP contribution in [0.5, 0.6) is 5.75 Å². The van der Waals surface area contributed by atoms with Gasteiger partial charge in [-0.05, 0) is 60.4 Å². The Bertz CT molecular complexity index is 864. The van der Waals surface area contributed by atoms with Crippen LogP contribution in [0.15, 0.2) is 41.4 Å². The lowest BCUT2D eigenvalue weighted by molar-refractivity contribution is 0.412. The zero-order valence-electron chi connectivity index (χ0n) is 11.6. The van der Waals surface area contributed by atoms with Gasteiger partial charge in [0, 0.05) is 10.9 Å². The van der Waals surface area contributed by atoms with E-state index in [9.17, 15) is 4.79 Å². The van der Waals surface area contributed by atoms with Crippen molar-refractivity contribution in [1.82, 2.24) is 4.37 Å². The molecule has 104 valence electrons. The van der Waals surface area contributed by atoms with Crippen LogP contribution in [-0.4, -0.2) is 17.6 Å². The van der Waals surface area contributed by atoms with E-state index in [-0.39, 0.29) is 0 Å². The van der Waals surface area contributed by atoms with Crippen molar-refractivity contribution in [3.63, 3.8) is 0 Å². The first-order valence-corrected chi connectivity index (χ1v) is 7.12. The number of aromatic nitrogens is 1. The molecule has 3 rings (SSSR count). The molecule has 0 amide bonds. The Morgan fingerprint density at radius 1 is 1.24 bits per heavy atom. The lowest BCUT2D eigenvalue weighted by Gasteiger charge is -2.06. The molecule has 1 aromatic heterocycles. The van der Waals surface area contributed by atoms with Gasteiger partial charge in [0.2, 0.25) is 6.08 Å². The number of nitrogens with zero attached hydrogens (tertiary/aromatic N) is 2. The van der Waals surface area contributed by atoms with Crippen molar-refractivity contribution in [1.29, 1.82) is 0 Å². The highest BCUT2D eigenvalue weighted by atomic mass is 32.1. The van der Waals surface area contributed by atoms with Gasteiger partial charge in [-0.15, -0.1) is 0 Å². The lowest BCUT2D eigenvalue weighted by Crippen LogP contribution is -1.88. The fourth-order valence-corrected chi connectivity index (χ4v) is 3.06. The maximum absolute atomic E-state index is 10.4. The highest BCUT2D eigenvalue weighted by Gasteiger charge is 2.10. The van der Waals surface area contributed by atoms with Gasteiger partial charge in [0.25, 0.3) is 0 Å². The molecule has 0 saturated heterocycles. The van der Waals surface area contributed by atoms with Crippen molar-refractivity contribution in [3.05, 3.63) is 42.0 Å². The van der Waals surface area contributed by atoms with E-state index in [2.05, 4.69) is 9.37 Å². The van der Waals surface area contributed by atoms with Crippen LogP contribution in [0.2, 0.25) is 0 Å². The van der Waals surface area contributed by atoms with Crippen molar-refractivity contribution in [2.24, 2.45) is 4.99 Å². The molecule has 0 aliphatic rings. The SMILES string of the molecule is COc1ccc(-c2nsc3ccc(N=C=O)cc23)cc1C. The first kappa shape index (κ1) is 13.5. The van der Waals surface area contributed by atoms with E-state index >= 15 is 0 Å². The Morgan fingerprint density at radius 2 is 2.10 bits per heavy atom. The molecule has 0 N–H and O–H groups in total. The number of benzene rings is 2. The van der Waals surface area contributed by atoms with Gasteiger partial charge in [0.1, 0.15) is 5.75 Å². The average Bonchev–Trinajstić information content (AvgIpc) is 2.90. The molecule has 0 bridgehead atoms. The first-order valence-electron chi connectivity index (χ1n) is 6.35. The van der Waals surface area contributed by atoms with Gasteiger partial charge in [0.05, 0.1) is 23.2 Å². The van der Waals surface area contributed by atoms with Gasteiger partial charge in [-0.2, -0.15) is 9.37 Å². The van der Waals surface area contributed by atoms with Crippen LogP contribution >= 0.6 is 11.5 Å². The van der Waals surface area contributed by atoms with E-state index in [4.69, 9.17) is 4.74 Å². The molecule has 1 heterocycles. The quantitative estimate of drug-likeness (QED) is 0.536.